The van der Waals surface area contributed by atoms with Gasteiger partial charge in [-0.05, 0) is 26.2 Å². The Balaban J connectivity index is 4.09. The van der Waals surface area contributed by atoms with Gasteiger partial charge in [0.25, 0.3) is 0 Å². The lowest BCUT2D eigenvalue weighted by Gasteiger charge is -2.23. The molecule has 13 heavy (non-hydrogen) atoms. The van der Waals surface area contributed by atoms with Crippen molar-refractivity contribution < 1.29 is 9.90 Å². The van der Waals surface area contributed by atoms with Crippen molar-refractivity contribution in [1.29, 1.82) is 0 Å². The number of carboxylic acid groups (broad SMARTS) is 1. The van der Waals surface area contributed by atoms with Gasteiger partial charge in [-0.3, -0.25) is 4.79 Å². The summed E-state index contributed by atoms with van der Waals surface area (Å²) < 4.78 is 0. The first-order valence-electron chi connectivity index (χ1n) is 4.73. The summed E-state index contributed by atoms with van der Waals surface area (Å²) in [4.78, 5) is 11.0. The number of carboxylic acids is 1. The molecule has 0 aromatic rings. The summed E-state index contributed by atoms with van der Waals surface area (Å²) >= 11 is 0. The molecule has 0 aliphatic carbocycles. The highest BCUT2D eigenvalue weighted by Gasteiger charge is 2.30. The summed E-state index contributed by atoms with van der Waals surface area (Å²) in [5.41, 5.74) is -0.578. The molecule has 0 saturated heterocycles. The van der Waals surface area contributed by atoms with Crippen LogP contribution in [0.2, 0.25) is 0 Å². The van der Waals surface area contributed by atoms with Gasteiger partial charge in [-0.15, -0.1) is 12.3 Å². The van der Waals surface area contributed by atoms with E-state index >= 15 is 0 Å². The van der Waals surface area contributed by atoms with Crippen LogP contribution in [0.25, 0.3) is 0 Å². The molecule has 0 aromatic heterocycles. The van der Waals surface area contributed by atoms with E-state index < -0.39 is 11.4 Å². The van der Waals surface area contributed by atoms with Gasteiger partial charge in [0.05, 0.1) is 5.41 Å². The predicted octanol–water partition coefficient (Wildman–Crippen LogP) is 2.68. The summed E-state index contributed by atoms with van der Waals surface area (Å²) in [6.07, 6.45) is 8.90. The third-order valence-electron chi connectivity index (χ3n) is 2.37. The average Bonchev–Trinajstić information content (AvgIpc) is 2.05. The summed E-state index contributed by atoms with van der Waals surface area (Å²) in [7, 11) is 0. The Bertz CT molecular complexity index is 203. The molecule has 0 aliphatic rings. The lowest BCUT2D eigenvalue weighted by atomic mass is 9.81. The predicted molar refractivity (Wildman–Crippen MR) is 53.3 cm³/mol. The Morgan fingerprint density at radius 1 is 1.54 bits per heavy atom. The van der Waals surface area contributed by atoms with E-state index in [1.54, 1.807) is 6.92 Å². The summed E-state index contributed by atoms with van der Waals surface area (Å²) in [5.74, 6) is 1.83. The molecule has 0 saturated carbocycles. The Labute approximate surface area is 80.3 Å². The topological polar surface area (TPSA) is 37.3 Å². The fraction of sp³-hybridized carbons (Fsp3) is 0.727. The van der Waals surface area contributed by atoms with Crippen molar-refractivity contribution in [2.75, 3.05) is 0 Å². The van der Waals surface area contributed by atoms with Crippen LogP contribution < -0.4 is 0 Å². The molecular weight excluding hydrogens is 164 g/mol. The van der Waals surface area contributed by atoms with Gasteiger partial charge in [0.15, 0.2) is 0 Å². The van der Waals surface area contributed by atoms with Gasteiger partial charge in [0.2, 0.25) is 0 Å². The maximum absolute atomic E-state index is 11.0. The number of hydrogen-bond donors (Lipinski definition) is 1. The fourth-order valence-electron chi connectivity index (χ4n) is 1.47. The van der Waals surface area contributed by atoms with E-state index in [1.165, 1.54) is 0 Å². The number of hydrogen-bond acceptors (Lipinski definition) is 1. The van der Waals surface area contributed by atoms with Crippen molar-refractivity contribution in [1.82, 2.24) is 0 Å². The molecule has 0 radical (unpaired) electrons. The molecule has 1 unspecified atom stereocenters. The number of rotatable bonds is 6. The molecule has 0 heterocycles. The minimum absolute atomic E-state index is 0.578. The Kier molecular flexibility index (Phi) is 5.22. The van der Waals surface area contributed by atoms with Gasteiger partial charge in [-0.2, -0.15) is 0 Å². The van der Waals surface area contributed by atoms with E-state index in [1.807, 2.05) is 6.92 Å². The minimum atomic E-state index is -0.702. The third kappa shape index (κ3) is 3.98. The fourth-order valence-corrected chi connectivity index (χ4v) is 1.47. The van der Waals surface area contributed by atoms with Gasteiger partial charge in [-0.1, -0.05) is 13.3 Å². The first-order valence-corrected chi connectivity index (χ1v) is 4.73. The molecule has 0 bridgehead atoms. The molecule has 0 rings (SSSR count). The van der Waals surface area contributed by atoms with E-state index in [0.717, 1.165) is 19.3 Å². The van der Waals surface area contributed by atoms with Crippen LogP contribution in [0.5, 0.6) is 0 Å². The van der Waals surface area contributed by atoms with E-state index in [2.05, 4.69) is 5.92 Å². The SMILES string of the molecule is C#CCCCC(C)(CCC)C(=O)O. The second-order valence-corrected chi connectivity index (χ2v) is 3.67. The molecular formula is C11H18O2. The molecule has 2 heteroatoms. The van der Waals surface area contributed by atoms with Crippen molar-refractivity contribution in [3.63, 3.8) is 0 Å². The van der Waals surface area contributed by atoms with Crippen LogP contribution in [0.15, 0.2) is 0 Å². The van der Waals surface area contributed by atoms with Crippen molar-refractivity contribution in [2.24, 2.45) is 5.41 Å². The summed E-state index contributed by atoms with van der Waals surface area (Å²) in [6.45, 7) is 3.80. The Hall–Kier alpha value is -0.970. The summed E-state index contributed by atoms with van der Waals surface area (Å²) in [5, 5.41) is 9.01. The first-order chi connectivity index (χ1) is 6.06. The highest BCUT2D eigenvalue weighted by molar-refractivity contribution is 5.74. The Morgan fingerprint density at radius 3 is 2.54 bits per heavy atom. The van der Waals surface area contributed by atoms with Crippen LogP contribution in [-0.4, -0.2) is 11.1 Å². The van der Waals surface area contributed by atoms with Crippen molar-refractivity contribution >= 4 is 5.97 Å². The standard InChI is InChI=1S/C11H18O2/c1-4-6-7-9-11(3,8-5-2)10(12)13/h1H,5-9H2,2-3H3,(H,12,13). The van der Waals surface area contributed by atoms with Gasteiger partial charge >= 0.3 is 5.97 Å². The molecule has 0 spiro atoms. The maximum atomic E-state index is 11.0. The zero-order valence-electron chi connectivity index (χ0n) is 8.47. The number of carbonyl (C=O) groups is 1. The van der Waals surface area contributed by atoms with Crippen LogP contribution in [-0.2, 0) is 4.79 Å². The Morgan fingerprint density at radius 2 is 2.15 bits per heavy atom. The summed E-state index contributed by atoms with van der Waals surface area (Å²) in [6, 6.07) is 0. The van der Waals surface area contributed by atoms with Gasteiger partial charge in [-0.25, -0.2) is 0 Å². The monoisotopic (exact) mass is 182 g/mol. The van der Waals surface area contributed by atoms with Crippen molar-refractivity contribution in [3.8, 4) is 12.3 Å². The van der Waals surface area contributed by atoms with Crippen LogP contribution in [0.3, 0.4) is 0 Å². The highest BCUT2D eigenvalue weighted by atomic mass is 16.4. The van der Waals surface area contributed by atoms with Crippen LogP contribution >= 0.6 is 0 Å². The quantitative estimate of drug-likeness (QED) is 0.506. The largest absolute Gasteiger partial charge is 0.481 e. The molecule has 1 N–H and O–H groups in total. The normalized spacial score (nSPS) is 14.5. The van der Waals surface area contributed by atoms with Gasteiger partial charge in [0, 0.05) is 6.42 Å². The average molecular weight is 182 g/mol. The lowest BCUT2D eigenvalue weighted by Crippen LogP contribution is -2.27. The molecule has 0 amide bonds. The number of terminal acetylenes is 1. The number of aliphatic carboxylic acids is 1. The van der Waals surface area contributed by atoms with Crippen LogP contribution in [0.1, 0.15) is 46.0 Å². The zero-order chi connectivity index (χ0) is 10.3. The van der Waals surface area contributed by atoms with Crippen LogP contribution in [0, 0.1) is 17.8 Å². The smallest absolute Gasteiger partial charge is 0.309 e. The minimum Gasteiger partial charge on any atom is -0.481 e. The molecule has 0 aromatic carbocycles. The molecule has 0 aliphatic heterocycles. The van der Waals surface area contributed by atoms with Gasteiger partial charge < -0.3 is 5.11 Å². The maximum Gasteiger partial charge on any atom is 0.309 e. The zero-order valence-corrected chi connectivity index (χ0v) is 8.47. The molecule has 1 atom stereocenters. The molecule has 74 valence electrons. The number of unbranched alkanes of at least 4 members (excludes halogenated alkanes) is 1. The highest BCUT2D eigenvalue weighted by Crippen LogP contribution is 2.29. The lowest BCUT2D eigenvalue weighted by molar-refractivity contribution is -0.148. The second-order valence-electron chi connectivity index (χ2n) is 3.67. The van der Waals surface area contributed by atoms with E-state index in [4.69, 9.17) is 11.5 Å². The first kappa shape index (κ1) is 12.0. The van der Waals surface area contributed by atoms with Gasteiger partial charge in [0.1, 0.15) is 0 Å². The van der Waals surface area contributed by atoms with Crippen molar-refractivity contribution in [2.45, 2.75) is 46.0 Å². The van der Waals surface area contributed by atoms with E-state index in [0.29, 0.717) is 12.8 Å². The van der Waals surface area contributed by atoms with E-state index in [9.17, 15) is 4.79 Å². The third-order valence-corrected chi connectivity index (χ3v) is 2.37. The van der Waals surface area contributed by atoms with Crippen molar-refractivity contribution in [3.05, 3.63) is 0 Å². The van der Waals surface area contributed by atoms with E-state index in [-0.39, 0.29) is 0 Å². The van der Waals surface area contributed by atoms with Crippen LogP contribution in [0.4, 0.5) is 0 Å². The molecule has 2 nitrogen and oxygen atoms in total. The molecule has 0 fully saturated rings. The second kappa shape index (κ2) is 5.64.